The first kappa shape index (κ1) is 10.3. The van der Waals surface area contributed by atoms with Crippen LogP contribution in [0.1, 0.15) is 12.7 Å². The number of ether oxygens (including phenoxy) is 1. The Morgan fingerprint density at radius 2 is 2.31 bits per heavy atom. The second kappa shape index (κ2) is 3.76. The van der Waals surface area contributed by atoms with E-state index in [4.69, 9.17) is 10.5 Å². The van der Waals surface area contributed by atoms with Crippen molar-refractivity contribution in [2.45, 2.75) is 13.8 Å². The molecular weight excluding hydrogens is 210 g/mol. The Hall–Kier alpha value is -2.18. The van der Waals surface area contributed by atoms with Crippen molar-refractivity contribution < 1.29 is 9.53 Å². The molecule has 0 aliphatic rings. The minimum Gasteiger partial charge on any atom is -0.448 e. The molecule has 0 aromatic carbocycles. The van der Waals surface area contributed by atoms with Gasteiger partial charge in [0.15, 0.2) is 5.65 Å². The average Bonchev–Trinajstić information content (AvgIpc) is 2.61. The van der Waals surface area contributed by atoms with Gasteiger partial charge in [-0.25, -0.2) is 14.8 Å². The zero-order valence-electron chi connectivity index (χ0n) is 8.97. The summed E-state index contributed by atoms with van der Waals surface area (Å²) in [5, 5.41) is 4.42. The van der Waals surface area contributed by atoms with Gasteiger partial charge < -0.3 is 10.5 Å². The van der Waals surface area contributed by atoms with Gasteiger partial charge in [0.2, 0.25) is 0 Å². The molecule has 0 fully saturated rings. The minimum atomic E-state index is -0.574. The van der Waals surface area contributed by atoms with Gasteiger partial charge in [-0.05, 0) is 13.8 Å². The molecule has 84 valence electrons. The molecule has 0 unspecified atom stereocenters. The number of hydrogen-bond acceptors (Lipinski definition) is 6. The van der Waals surface area contributed by atoms with Crippen molar-refractivity contribution in [2.24, 2.45) is 0 Å². The summed E-state index contributed by atoms with van der Waals surface area (Å²) in [6, 6.07) is 0. The van der Waals surface area contributed by atoms with Crippen LogP contribution in [0.5, 0.6) is 0 Å². The standard InChI is InChI=1S/C9H11N5O2/c1-3-16-9(15)14-8-6(4-11-14)7(10)12-5(2)13-8/h4H,3H2,1-2H3,(H2,10,12,13). The molecule has 2 aromatic heterocycles. The van der Waals surface area contributed by atoms with E-state index in [0.29, 0.717) is 22.7 Å². The van der Waals surface area contributed by atoms with Gasteiger partial charge in [0.1, 0.15) is 11.6 Å². The number of aromatic nitrogens is 4. The van der Waals surface area contributed by atoms with Gasteiger partial charge in [-0.1, -0.05) is 0 Å². The molecule has 2 N–H and O–H groups in total. The first-order valence-corrected chi connectivity index (χ1v) is 4.78. The summed E-state index contributed by atoms with van der Waals surface area (Å²) in [5.74, 6) is 0.786. The fourth-order valence-corrected chi connectivity index (χ4v) is 1.36. The van der Waals surface area contributed by atoms with Crippen LogP contribution in [0.25, 0.3) is 11.0 Å². The third-order valence-electron chi connectivity index (χ3n) is 2.01. The molecule has 0 spiro atoms. The van der Waals surface area contributed by atoms with E-state index >= 15 is 0 Å². The Kier molecular flexibility index (Phi) is 2.43. The molecule has 0 saturated heterocycles. The molecule has 0 amide bonds. The van der Waals surface area contributed by atoms with Gasteiger partial charge in [-0.15, -0.1) is 4.68 Å². The lowest BCUT2D eigenvalue weighted by atomic mass is 10.4. The number of nitrogens with two attached hydrogens (primary N) is 1. The van der Waals surface area contributed by atoms with Gasteiger partial charge in [0.05, 0.1) is 18.2 Å². The van der Waals surface area contributed by atoms with Crippen LogP contribution in [0.15, 0.2) is 6.20 Å². The molecule has 2 aromatic rings. The van der Waals surface area contributed by atoms with Crippen molar-refractivity contribution in [3.63, 3.8) is 0 Å². The van der Waals surface area contributed by atoms with Crippen LogP contribution < -0.4 is 5.73 Å². The number of nitrogen functional groups attached to an aromatic ring is 1. The normalized spacial score (nSPS) is 10.6. The second-order valence-electron chi connectivity index (χ2n) is 3.15. The van der Waals surface area contributed by atoms with Gasteiger partial charge in [-0.3, -0.25) is 0 Å². The fourth-order valence-electron chi connectivity index (χ4n) is 1.36. The van der Waals surface area contributed by atoms with E-state index in [9.17, 15) is 4.79 Å². The maximum Gasteiger partial charge on any atom is 0.436 e. The predicted octanol–water partition coefficient (Wildman–Crippen LogP) is 0.722. The maximum atomic E-state index is 11.5. The zero-order chi connectivity index (χ0) is 11.7. The highest BCUT2D eigenvalue weighted by atomic mass is 16.5. The van der Waals surface area contributed by atoms with E-state index in [1.165, 1.54) is 6.20 Å². The Balaban J connectivity index is 2.60. The highest BCUT2D eigenvalue weighted by Crippen LogP contribution is 2.16. The molecule has 16 heavy (non-hydrogen) atoms. The quantitative estimate of drug-likeness (QED) is 0.762. The number of nitrogens with zero attached hydrogens (tertiary/aromatic N) is 4. The van der Waals surface area contributed by atoms with Gasteiger partial charge in [0.25, 0.3) is 0 Å². The van der Waals surface area contributed by atoms with Crippen LogP contribution in [0, 0.1) is 6.92 Å². The topological polar surface area (TPSA) is 95.9 Å². The summed E-state index contributed by atoms with van der Waals surface area (Å²) < 4.78 is 5.91. The van der Waals surface area contributed by atoms with Gasteiger partial charge in [-0.2, -0.15) is 5.10 Å². The van der Waals surface area contributed by atoms with Crippen molar-refractivity contribution in [3.8, 4) is 0 Å². The third-order valence-corrected chi connectivity index (χ3v) is 2.01. The van der Waals surface area contributed by atoms with Crippen LogP contribution >= 0.6 is 0 Å². The SMILES string of the molecule is CCOC(=O)n1ncc2c(N)nc(C)nc21. The lowest BCUT2D eigenvalue weighted by Gasteiger charge is -2.02. The summed E-state index contributed by atoms with van der Waals surface area (Å²) in [4.78, 5) is 19.6. The Labute approximate surface area is 91.2 Å². The Morgan fingerprint density at radius 3 is 3.00 bits per heavy atom. The minimum absolute atomic E-state index is 0.278. The molecule has 0 atom stereocenters. The van der Waals surface area contributed by atoms with Crippen molar-refractivity contribution >= 4 is 22.9 Å². The molecular formula is C9H11N5O2. The largest absolute Gasteiger partial charge is 0.448 e. The smallest absolute Gasteiger partial charge is 0.436 e. The molecule has 0 aliphatic carbocycles. The molecule has 0 radical (unpaired) electrons. The Bertz CT molecular complexity index is 548. The number of rotatable bonds is 1. The predicted molar refractivity (Wildman–Crippen MR) is 56.9 cm³/mol. The number of carbonyl (C=O) groups is 1. The monoisotopic (exact) mass is 221 g/mol. The molecule has 0 saturated carbocycles. The highest BCUT2D eigenvalue weighted by molar-refractivity contribution is 5.90. The molecule has 7 nitrogen and oxygen atoms in total. The van der Waals surface area contributed by atoms with Gasteiger partial charge in [0, 0.05) is 0 Å². The van der Waals surface area contributed by atoms with E-state index in [1.807, 2.05) is 0 Å². The lowest BCUT2D eigenvalue weighted by molar-refractivity contribution is 0.151. The molecule has 7 heteroatoms. The molecule has 2 heterocycles. The lowest BCUT2D eigenvalue weighted by Crippen LogP contribution is -2.15. The zero-order valence-corrected chi connectivity index (χ0v) is 8.97. The number of anilines is 1. The van der Waals surface area contributed by atoms with Crippen molar-refractivity contribution in [2.75, 3.05) is 12.3 Å². The van der Waals surface area contributed by atoms with Crippen LogP contribution in [-0.2, 0) is 4.74 Å². The maximum absolute atomic E-state index is 11.5. The van der Waals surface area contributed by atoms with Crippen LogP contribution in [-0.4, -0.2) is 32.4 Å². The molecule has 0 aliphatic heterocycles. The van der Waals surface area contributed by atoms with E-state index in [-0.39, 0.29) is 6.61 Å². The van der Waals surface area contributed by atoms with Crippen LogP contribution in [0.2, 0.25) is 0 Å². The van der Waals surface area contributed by atoms with Crippen LogP contribution in [0.4, 0.5) is 10.6 Å². The van der Waals surface area contributed by atoms with Gasteiger partial charge >= 0.3 is 6.09 Å². The number of fused-ring (bicyclic) bond motifs is 1. The molecule has 2 rings (SSSR count). The van der Waals surface area contributed by atoms with E-state index in [1.54, 1.807) is 13.8 Å². The Morgan fingerprint density at radius 1 is 1.56 bits per heavy atom. The summed E-state index contributed by atoms with van der Waals surface area (Å²) >= 11 is 0. The first-order chi connectivity index (χ1) is 7.63. The second-order valence-corrected chi connectivity index (χ2v) is 3.15. The first-order valence-electron chi connectivity index (χ1n) is 4.78. The molecule has 0 bridgehead atoms. The summed E-state index contributed by atoms with van der Waals surface area (Å²) in [7, 11) is 0. The van der Waals surface area contributed by atoms with E-state index in [0.717, 1.165) is 4.68 Å². The summed E-state index contributed by atoms with van der Waals surface area (Å²) in [6.07, 6.45) is 0.871. The number of hydrogen-bond donors (Lipinski definition) is 1. The van der Waals surface area contributed by atoms with E-state index in [2.05, 4.69) is 15.1 Å². The number of carbonyl (C=O) groups excluding carboxylic acids is 1. The van der Waals surface area contributed by atoms with Crippen LogP contribution in [0.3, 0.4) is 0 Å². The van der Waals surface area contributed by atoms with Crippen molar-refractivity contribution in [3.05, 3.63) is 12.0 Å². The highest BCUT2D eigenvalue weighted by Gasteiger charge is 2.15. The summed E-state index contributed by atoms with van der Waals surface area (Å²) in [5.41, 5.74) is 6.05. The van der Waals surface area contributed by atoms with E-state index < -0.39 is 6.09 Å². The van der Waals surface area contributed by atoms with Crippen molar-refractivity contribution in [1.29, 1.82) is 0 Å². The number of aryl methyl sites for hydroxylation is 1. The average molecular weight is 221 g/mol. The van der Waals surface area contributed by atoms with Crippen molar-refractivity contribution in [1.82, 2.24) is 19.7 Å². The fraction of sp³-hybridized carbons (Fsp3) is 0.333. The third kappa shape index (κ3) is 1.56. The summed E-state index contributed by atoms with van der Waals surface area (Å²) in [6.45, 7) is 3.69.